The van der Waals surface area contributed by atoms with E-state index in [-0.39, 0.29) is 5.97 Å². The molecular formula is C19H20N4O2S2. The number of rotatable bonds is 5. The van der Waals surface area contributed by atoms with Gasteiger partial charge in [0.2, 0.25) is 0 Å². The zero-order valence-electron chi connectivity index (χ0n) is 15.3. The Bertz CT molecular complexity index is 964. The lowest BCUT2D eigenvalue weighted by Crippen LogP contribution is -2.20. The highest BCUT2D eigenvalue weighted by Crippen LogP contribution is 2.36. The van der Waals surface area contributed by atoms with Gasteiger partial charge in [0.25, 0.3) is 0 Å². The van der Waals surface area contributed by atoms with Gasteiger partial charge in [-0.2, -0.15) is 5.10 Å². The molecule has 27 heavy (non-hydrogen) atoms. The molecule has 3 rings (SSSR count). The summed E-state index contributed by atoms with van der Waals surface area (Å²) in [6, 6.07) is 11.7. The second-order valence-corrected chi connectivity index (χ2v) is 7.28. The molecule has 0 fully saturated rings. The number of benzene rings is 1. The maximum Gasteiger partial charge on any atom is 0.341 e. The Morgan fingerprint density at radius 2 is 2.04 bits per heavy atom. The van der Waals surface area contributed by atoms with Crippen LogP contribution >= 0.6 is 23.6 Å². The quantitative estimate of drug-likeness (QED) is 0.487. The van der Waals surface area contributed by atoms with Crippen LogP contribution in [0.2, 0.25) is 0 Å². The molecule has 2 N–H and O–H groups in total. The molecule has 0 bridgehead atoms. The van der Waals surface area contributed by atoms with Gasteiger partial charge in [0.1, 0.15) is 5.00 Å². The van der Waals surface area contributed by atoms with E-state index in [9.17, 15) is 4.79 Å². The number of hydrogen-bond donors (Lipinski definition) is 2. The number of esters is 1. The van der Waals surface area contributed by atoms with Crippen LogP contribution in [0.3, 0.4) is 0 Å². The predicted molar refractivity (Wildman–Crippen MR) is 113 cm³/mol. The van der Waals surface area contributed by atoms with E-state index >= 15 is 0 Å². The zero-order chi connectivity index (χ0) is 19.4. The molecule has 0 saturated carbocycles. The summed E-state index contributed by atoms with van der Waals surface area (Å²) in [6.07, 6.45) is 1.85. The average molecular weight is 401 g/mol. The van der Waals surface area contributed by atoms with E-state index in [0.717, 1.165) is 21.8 Å². The van der Waals surface area contributed by atoms with Gasteiger partial charge < -0.3 is 15.4 Å². The number of thiophene rings is 1. The summed E-state index contributed by atoms with van der Waals surface area (Å²) in [5.41, 5.74) is 3.15. The molecule has 0 saturated heterocycles. The lowest BCUT2D eigenvalue weighted by Gasteiger charge is -2.09. The first-order chi connectivity index (χ1) is 13.0. The van der Waals surface area contributed by atoms with Gasteiger partial charge in [0.15, 0.2) is 5.11 Å². The third kappa shape index (κ3) is 4.53. The topological polar surface area (TPSA) is 68.2 Å². The highest BCUT2D eigenvalue weighted by atomic mass is 32.1. The fourth-order valence-corrected chi connectivity index (χ4v) is 3.90. The van der Waals surface area contributed by atoms with Crippen LogP contribution in [0.5, 0.6) is 0 Å². The van der Waals surface area contributed by atoms with Crippen LogP contribution < -0.4 is 10.6 Å². The van der Waals surface area contributed by atoms with E-state index in [1.807, 2.05) is 56.6 Å². The first-order valence-corrected chi connectivity index (χ1v) is 9.65. The lowest BCUT2D eigenvalue weighted by atomic mass is 10.1. The molecule has 0 amide bonds. The van der Waals surface area contributed by atoms with Crippen molar-refractivity contribution < 1.29 is 9.53 Å². The number of aromatic nitrogens is 2. The highest BCUT2D eigenvalue weighted by Gasteiger charge is 2.19. The number of hydrogen-bond acceptors (Lipinski definition) is 5. The molecule has 2 aromatic heterocycles. The molecule has 0 unspecified atom stereocenters. The van der Waals surface area contributed by atoms with Crippen molar-refractivity contribution in [3.05, 3.63) is 53.9 Å². The van der Waals surface area contributed by atoms with E-state index in [1.54, 1.807) is 11.6 Å². The van der Waals surface area contributed by atoms with E-state index < -0.39 is 0 Å². The van der Waals surface area contributed by atoms with Crippen LogP contribution in [0.1, 0.15) is 23.0 Å². The first-order valence-electron chi connectivity index (χ1n) is 8.42. The Labute approximate surface area is 167 Å². The molecule has 140 valence electrons. The van der Waals surface area contributed by atoms with E-state index in [1.165, 1.54) is 11.3 Å². The monoisotopic (exact) mass is 400 g/mol. The maximum absolute atomic E-state index is 12.4. The van der Waals surface area contributed by atoms with Gasteiger partial charge in [-0.1, -0.05) is 30.3 Å². The molecule has 0 atom stereocenters. The summed E-state index contributed by atoms with van der Waals surface area (Å²) in [4.78, 5) is 13.3. The molecule has 0 aliphatic heterocycles. The minimum absolute atomic E-state index is 0.312. The Kier molecular flexibility index (Phi) is 5.88. The van der Waals surface area contributed by atoms with Crippen LogP contribution in [0.25, 0.3) is 10.4 Å². The third-order valence-electron chi connectivity index (χ3n) is 3.77. The van der Waals surface area contributed by atoms with Crippen molar-refractivity contribution in [1.82, 2.24) is 9.78 Å². The second-order valence-electron chi connectivity index (χ2n) is 5.82. The SMILES string of the molecule is CCOC(=O)c1cc(-c2ccccc2)sc1NC(=S)Nc1cn(C)nc1C. The average Bonchev–Trinajstić information content (AvgIpc) is 3.19. The van der Waals surface area contributed by atoms with Gasteiger partial charge in [-0.15, -0.1) is 11.3 Å². The van der Waals surface area contributed by atoms with Crippen molar-refractivity contribution in [3.63, 3.8) is 0 Å². The summed E-state index contributed by atoms with van der Waals surface area (Å²) in [5, 5.41) is 11.6. The Hall–Kier alpha value is -2.71. The number of anilines is 2. The van der Waals surface area contributed by atoms with Crippen molar-refractivity contribution in [3.8, 4) is 10.4 Å². The van der Waals surface area contributed by atoms with Crippen LogP contribution in [0.15, 0.2) is 42.6 Å². The van der Waals surface area contributed by atoms with Crippen molar-refractivity contribution in [2.24, 2.45) is 7.05 Å². The molecule has 3 aromatic rings. The number of carbonyl (C=O) groups is 1. The number of ether oxygens (including phenoxy) is 1. The van der Waals surface area contributed by atoms with Gasteiger partial charge in [0.05, 0.1) is 23.6 Å². The van der Waals surface area contributed by atoms with Crippen LogP contribution in [-0.4, -0.2) is 27.5 Å². The summed E-state index contributed by atoms with van der Waals surface area (Å²) in [6.45, 7) is 3.99. The molecule has 0 radical (unpaired) electrons. The Balaban J connectivity index is 1.86. The smallest absolute Gasteiger partial charge is 0.341 e. The molecule has 0 spiro atoms. The predicted octanol–water partition coefficient (Wildman–Crippen LogP) is 4.44. The third-order valence-corrected chi connectivity index (χ3v) is 5.08. The number of thiocarbonyl (C=S) groups is 1. The molecule has 6 nitrogen and oxygen atoms in total. The summed E-state index contributed by atoms with van der Waals surface area (Å²) in [7, 11) is 1.85. The fraction of sp³-hybridized carbons (Fsp3) is 0.211. The number of carbonyl (C=O) groups excluding carboxylic acids is 1. The number of aryl methyl sites for hydroxylation is 2. The Morgan fingerprint density at radius 3 is 2.67 bits per heavy atom. The van der Waals surface area contributed by atoms with Crippen molar-refractivity contribution in [1.29, 1.82) is 0 Å². The minimum Gasteiger partial charge on any atom is -0.462 e. The van der Waals surface area contributed by atoms with Crippen molar-refractivity contribution in [2.75, 3.05) is 17.2 Å². The van der Waals surface area contributed by atoms with Gasteiger partial charge in [-0.25, -0.2) is 4.79 Å². The van der Waals surface area contributed by atoms with Crippen LogP contribution in [0, 0.1) is 6.92 Å². The second kappa shape index (κ2) is 8.32. The molecule has 0 aliphatic rings. The van der Waals surface area contributed by atoms with E-state index in [4.69, 9.17) is 17.0 Å². The maximum atomic E-state index is 12.4. The van der Waals surface area contributed by atoms with Crippen LogP contribution in [-0.2, 0) is 11.8 Å². The van der Waals surface area contributed by atoms with E-state index in [2.05, 4.69) is 15.7 Å². The van der Waals surface area contributed by atoms with Gasteiger partial charge >= 0.3 is 5.97 Å². The fourth-order valence-electron chi connectivity index (χ4n) is 2.57. The molecular weight excluding hydrogens is 380 g/mol. The standard InChI is InChI=1S/C19H20N4O2S2/c1-4-25-18(24)14-10-16(13-8-6-5-7-9-13)27-17(14)21-19(26)20-15-11-23(3)22-12(15)2/h5-11H,4H2,1-3H3,(H2,20,21,26). The highest BCUT2D eigenvalue weighted by molar-refractivity contribution is 7.80. The lowest BCUT2D eigenvalue weighted by molar-refractivity contribution is 0.0528. The molecule has 8 heteroatoms. The summed E-state index contributed by atoms with van der Waals surface area (Å²) >= 11 is 6.87. The molecule has 1 aromatic carbocycles. The van der Waals surface area contributed by atoms with Crippen molar-refractivity contribution in [2.45, 2.75) is 13.8 Å². The first kappa shape index (κ1) is 19.1. The zero-order valence-corrected chi connectivity index (χ0v) is 16.9. The summed E-state index contributed by atoms with van der Waals surface area (Å²) < 4.78 is 6.90. The van der Waals surface area contributed by atoms with Gasteiger partial charge in [0, 0.05) is 18.1 Å². The number of nitrogens with one attached hydrogen (secondary N) is 2. The normalized spacial score (nSPS) is 10.5. The van der Waals surface area contributed by atoms with Crippen molar-refractivity contribution >= 4 is 45.3 Å². The Morgan fingerprint density at radius 1 is 1.30 bits per heavy atom. The minimum atomic E-state index is -0.376. The molecule has 2 heterocycles. The van der Waals surface area contributed by atoms with E-state index in [0.29, 0.717) is 22.3 Å². The van der Waals surface area contributed by atoms with Crippen LogP contribution in [0.4, 0.5) is 10.7 Å². The van der Waals surface area contributed by atoms with Gasteiger partial charge in [-0.3, -0.25) is 4.68 Å². The van der Waals surface area contributed by atoms with Gasteiger partial charge in [-0.05, 0) is 37.7 Å². The largest absolute Gasteiger partial charge is 0.462 e. The summed E-state index contributed by atoms with van der Waals surface area (Å²) in [5.74, 6) is -0.376. The number of nitrogens with zero attached hydrogens (tertiary/aromatic N) is 2. The molecule has 0 aliphatic carbocycles.